The maximum atomic E-state index is 11.4. The first-order valence-electron chi connectivity index (χ1n) is 6.44. The molecule has 0 bridgehead atoms. The molecule has 1 aromatic rings. The van der Waals surface area contributed by atoms with E-state index in [0.29, 0.717) is 11.7 Å². The summed E-state index contributed by atoms with van der Waals surface area (Å²) in [5, 5.41) is 3.24. The highest BCUT2D eigenvalue weighted by Gasteiger charge is 2.15. The van der Waals surface area contributed by atoms with Gasteiger partial charge in [0.15, 0.2) is 0 Å². The highest BCUT2D eigenvalue weighted by Crippen LogP contribution is 2.15. The monoisotopic (exact) mass is 265 g/mol. The molecule has 1 aliphatic rings. The van der Waals surface area contributed by atoms with Crippen LogP contribution in [0.3, 0.4) is 0 Å². The number of anilines is 1. The Balaban J connectivity index is 1.99. The number of esters is 1. The van der Waals surface area contributed by atoms with Crippen molar-refractivity contribution in [3.63, 3.8) is 0 Å². The molecule has 19 heavy (non-hydrogen) atoms. The molecule has 1 N–H and O–H groups in total. The topological polar surface area (TPSA) is 73.3 Å². The molecule has 2 rings (SSSR count). The van der Waals surface area contributed by atoms with E-state index in [4.69, 9.17) is 4.74 Å². The molecule has 0 aromatic carbocycles. The van der Waals surface area contributed by atoms with E-state index in [-0.39, 0.29) is 5.82 Å². The normalized spacial score (nSPS) is 18.9. The minimum Gasteiger partial charge on any atom is -0.463 e. The van der Waals surface area contributed by atoms with Crippen molar-refractivity contribution in [2.75, 3.05) is 32.2 Å². The van der Waals surface area contributed by atoms with E-state index in [2.05, 4.69) is 20.0 Å². The van der Waals surface area contributed by atoms with E-state index in [9.17, 15) is 4.79 Å². The smallest absolute Gasteiger partial charge is 0.376 e. The second kappa shape index (κ2) is 6.47. The second-order valence-electron chi connectivity index (χ2n) is 4.67. The molecule has 0 radical (unpaired) electrons. The summed E-state index contributed by atoms with van der Waals surface area (Å²) < 4.78 is 10.1. The van der Waals surface area contributed by atoms with Crippen molar-refractivity contribution in [3.05, 3.63) is 17.6 Å². The van der Waals surface area contributed by atoms with Gasteiger partial charge in [0.05, 0.1) is 13.7 Å². The van der Waals surface area contributed by atoms with Crippen molar-refractivity contribution in [3.8, 4) is 0 Å². The van der Waals surface area contributed by atoms with Crippen molar-refractivity contribution in [1.29, 1.82) is 0 Å². The lowest BCUT2D eigenvalue weighted by atomic mass is 10.0. The summed E-state index contributed by atoms with van der Waals surface area (Å²) in [7, 11) is 1.32. The van der Waals surface area contributed by atoms with Gasteiger partial charge in [0.1, 0.15) is 5.82 Å². The summed E-state index contributed by atoms with van der Waals surface area (Å²) in [5.74, 6) is 0.710. The molecule has 1 aliphatic heterocycles. The van der Waals surface area contributed by atoms with Crippen LogP contribution in [0.4, 0.5) is 5.82 Å². The maximum Gasteiger partial charge on any atom is 0.376 e. The number of aryl methyl sites for hydroxylation is 1. The summed E-state index contributed by atoms with van der Waals surface area (Å²) in [6.45, 7) is 4.25. The molecule has 0 aliphatic carbocycles. The molecule has 1 saturated heterocycles. The van der Waals surface area contributed by atoms with Crippen molar-refractivity contribution in [1.82, 2.24) is 9.97 Å². The first-order valence-corrected chi connectivity index (χ1v) is 6.44. The van der Waals surface area contributed by atoms with Gasteiger partial charge in [-0.05, 0) is 25.7 Å². The first kappa shape index (κ1) is 13.7. The summed E-state index contributed by atoms with van der Waals surface area (Å²) >= 11 is 0. The molecule has 1 unspecified atom stereocenters. The predicted octanol–water partition coefficient (Wildman–Crippen LogP) is 1.41. The summed E-state index contributed by atoms with van der Waals surface area (Å²) in [6.07, 6.45) is 2.25. The fraction of sp³-hybridized carbons (Fsp3) is 0.615. The number of aromatic nitrogens is 2. The Kier molecular flexibility index (Phi) is 4.68. The van der Waals surface area contributed by atoms with Gasteiger partial charge in [0.25, 0.3) is 0 Å². The van der Waals surface area contributed by atoms with Gasteiger partial charge in [-0.1, -0.05) is 0 Å². The van der Waals surface area contributed by atoms with Crippen LogP contribution in [0.15, 0.2) is 6.07 Å². The van der Waals surface area contributed by atoms with E-state index < -0.39 is 5.97 Å². The predicted molar refractivity (Wildman–Crippen MR) is 70.1 cm³/mol. The van der Waals surface area contributed by atoms with Gasteiger partial charge in [-0.15, -0.1) is 0 Å². The van der Waals surface area contributed by atoms with Crippen LogP contribution in [-0.2, 0) is 9.47 Å². The van der Waals surface area contributed by atoms with Crippen LogP contribution < -0.4 is 5.32 Å². The summed E-state index contributed by atoms with van der Waals surface area (Å²) in [6, 6.07) is 1.82. The lowest BCUT2D eigenvalue weighted by Crippen LogP contribution is -2.25. The molecular weight excluding hydrogens is 246 g/mol. The minimum absolute atomic E-state index is 0.0879. The maximum absolute atomic E-state index is 11.4. The van der Waals surface area contributed by atoms with Crippen LogP contribution in [0.5, 0.6) is 0 Å². The highest BCUT2D eigenvalue weighted by atomic mass is 16.5. The quantitative estimate of drug-likeness (QED) is 0.830. The third-order valence-electron chi connectivity index (χ3n) is 3.05. The molecule has 1 aromatic heterocycles. The van der Waals surface area contributed by atoms with Gasteiger partial charge < -0.3 is 14.8 Å². The highest BCUT2D eigenvalue weighted by molar-refractivity contribution is 5.85. The second-order valence-corrected chi connectivity index (χ2v) is 4.67. The largest absolute Gasteiger partial charge is 0.463 e. The average Bonchev–Trinajstić information content (AvgIpc) is 2.45. The van der Waals surface area contributed by atoms with Crippen molar-refractivity contribution >= 4 is 11.8 Å². The fourth-order valence-corrected chi connectivity index (χ4v) is 2.06. The first-order chi connectivity index (χ1) is 9.19. The van der Waals surface area contributed by atoms with Crippen LogP contribution in [0.25, 0.3) is 0 Å². The molecule has 104 valence electrons. The molecule has 6 heteroatoms. The van der Waals surface area contributed by atoms with Crippen LogP contribution in [0.2, 0.25) is 0 Å². The Morgan fingerprint density at radius 3 is 3.11 bits per heavy atom. The lowest BCUT2D eigenvalue weighted by molar-refractivity contribution is 0.0583. The lowest BCUT2D eigenvalue weighted by Gasteiger charge is -2.22. The van der Waals surface area contributed by atoms with Gasteiger partial charge in [-0.3, -0.25) is 0 Å². The molecule has 1 atom stereocenters. The third-order valence-corrected chi connectivity index (χ3v) is 3.05. The number of rotatable bonds is 4. The minimum atomic E-state index is -0.521. The summed E-state index contributed by atoms with van der Waals surface area (Å²) in [4.78, 5) is 19.6. The molecule has 0 amide bonds. The number of nitrogens with one attached hydrogen (secondary N) is 1. The molecule has 6 nitrogen and oxygen atoms in total. The Bertz CT molecular complexity index is 445. The number of carbonyl (C=O) groups excluding carboxylic acids is 1. The Labute approximate surface area is 112 Å². The Morgan fingerprint density at radius 2 is 2.42 bits per heavy atom. The Morgan fingerprint density at radius 1 is 1.58 bits per heavy atom. The van der Waals surface area contributed by atoms with Gasteiger partial charge in [-0.25, -0.2) is 14.8 Å². The molecule has 1 fully saturated rings. The van der Waals surface area contributed by atoms with Gasteiger partial charge >= 0.3 is 5.97 Å². The summed E-state index contributed by atoms with van der Waals surface area (Å²) in [5.41, 5.74) is 0.734. The van der Waals surface area contributed by atoms with Crippen molar-refractivity contribution in [2.24, 2.45) is 5.92 Å². The van der Waals surface area contributed by atoms with Crippen LogP contribution in [0, 0.1) is 12.8 Å². The third kappa shape index (κ3) is 3.89. The molecule has 0 spiro atoms. The van der Waals surface area contributed by atoms with Crippen LogP contribution in [-0.4, -0.2) is 42.8 Å². The standard InChI is InChI=1S/C13H19N3O3/c1-9-6-11(16-12(15-9)13(17)18-2)14-7-10-4-3-5-19-8-10/h6,10H,3-5,7-8H2,1-2H3,(H,14,15,16). The van der Waals surface area contributed by atoms with Gasteiger partial charge in [-0.2, -0.15) is 0 Å². The van der Waals surface area contributed by atoms with Crippen molar-refractivity contribution < 1.29 is 14.3 Å². The fourth-order valence-electron chi connectivity index (χ4n) is 2.06. The van der Waals surface area contributed by atoms with E-state index in [1.54, 1.807) is 0 Å². The zero-order chi connectivity index (χ0) is 13.7. The number of carbonyl (C=O) groups is 1. The number of nitrogens with zero attached hydrogens (tertiary/aromatic N) is 2. The SMILES string of the molecule is COC(=O)c1nc(C)cc(NCC2CCCOC2)n1. The molecule has 0 saturated carbocycles. The molecular formula is C13H19N3O3. The van der Waals surface area contributed by atoms with E-state index >= 15 is 0 Å². The number of methoxy groups -OCH3 is 1. The zero-order valence-corrected chi connectivity index (χ0v) is 11.3. The Hall–Kier alpha value is -1.69. The van der Waals surface area contributed by atoms with Crippen LogP contribution in [0.1, 0.15) is 29.2 Å². The number of hydrogen-bond acceptors (Lipinski definition) is 6. The van der Waals surface area contributed by atoms with E-state index in [1.165, 1.54) is 7.11 Å². The van der Waals surface area contributed by atoms with E-state index in [0.717, 1.165) is 38.3 Å². The number of ether oxygens (including phenoxy) is 2. The zero-order valence-electron chi connectivity index (χ0n) is 11.3. The van der Waals surface area contributed by atoms with Gasteiger partial charge in [0, 0.05) is 24.9 Å². The van der Waals surface area contributed by atoms with Gasteiger partial charge in [0.2, 0.25) is 5.82 Å². The average molecular weight is 265 g/mol. The number of hydrogen-bond donors (Lipinski definition) is 1. The van der Waals surface area contributed by atoms with Crippen molar-refractivity contribution in [2.45, 2.75) is 19.8 Å². The molecule has 2 heterocycles. The van der Waals surface area contributed by atoms with Crippen LogP contribution >= 0.6 is 0 Å². The van der Waals surface area contributed by atoms with E-state index in [1.807, 2.05) is 13.0 Å².